The molecular formula is C21H27FN4O. The Morgan fingerprint density at radius 1 is 1.04 bits per heavy atom. The maximum absolute atomic E-state index is 13.2. The van der Waals surface area contributed by atoms with Crippen molar-refractivity contribution in [1.29, 1.82) is 0 Å². The van der Waals surface area contributed by atoms with E-state index in [0.717, 1.165) is 17.7 Å². The molecule has 2 rings (SSSR count). The molecule has 5 nitrogen and oxygen atoms in total. The Morgan fingerprint density at radius 3 is 2.56 bits per heavy atom. The molecule has 0 aliphatic heterocycles. The molecule has 0 unspecified atom stereocenters. The highest BCUT2D eigenvalue weighted by Gasteiger charge is 2.04. The molecule has 0 radical (unpaired) electrons. The number of hydrogen-bond donors (Lipinski definition) is 3. The molecule has 3 N–H and O–H groups in total. The standard InChI is InChI=1S/C21H27FN4O/c1-3-23-21(25-11-10-17-7-5-9-19(22)15-17)26-13-12-24-20(27)18-8-4-6-16(2)14-18/h4-9,14-15H,3,10-13H2,1-2H3,(H,24,27)(H2,23,25,26). The number of aliphatic imine (C=N–C) groups is 1. The lowest BCUT2D eigenvalue weighted by molar-refractivity contribution is 0.0954. The molecule has 0 atom stereocenters. The van der Waals surface area contributed by atoms with E-state index in [1.165, 1.54) is 12.1 Å². The van der Waals surface area contributed by atoms with E-state index in [9.17, 15) is 9.18 Å². The number of aryl methyl sites for hydroxylation is 1. The molecule has 0 aliphatic carbocycles. The third-order valence-electron chi connectivity index (χ3n) is 3.89. The van der Waals surface area contributed by atoms with Gasteiger partial charge in [-0.05, 0) is 50.1 Å². The van der Waals surface area contributed by atoms with Crippen LogP contribution in [0.5, 0.6) is 0 Å². The van der Waals surface area contributed by atoms with E-state index in [2.05, 4.69) is 20.9 Å². The monoisotopic (exact) mass is 370 g/mol. The summed E-state index contributed by atoms with van der Waals surface area (Å²) in [5, 5.41) is 9.23. The highest BCUT2D eigenvalue weighted by atomic mass is 19.1. The van der Waals surface area contributed by atoms with Crippen LogP contribution in [0.25, 0.3) is 0 Å². The molecule has 0 fully saturated rings. The molecule has 0 bridgehead atoms. The lowest BCUT2D eigenvalue weighted by Gasteiger charge is -2.12. The van der Waals surface area contributed by atoms with Gasteiger partial charge in [0.2, 0.25) is 0 Å². The summed E-state index contributed by atoms with van der Waals surface area (Å²) < 4.78 is 13.2. The fourth-order valence-electron chi connectivity index (χ4n) is 2.58. The fraction of sp³-hybridized carbons (Fsp3) is 0.333. The predicted octanol–water partition coefficient (Wildman–Crippen LogP) is 2.66. The van der Waals surface area contributed by atoms with Crippen molar-refractivity contribution < 1.29 is 9.18 Å². The van der Waals surface area contributed by atoms with Crippen molar-refractivity contribution >= 4 is 11.9 Å². The van der Waals surface area contributed by atoms with Crippen LogP contribution in [0.3, 0.4) is 0 Å². The zero-order valence-corrected chi connectivity index (χ0v) is 15.9. The summed E-state index contributed by atoms with van der Waals surface area (Å²) in [6.07, 6.45) is 0.665. The van der Waals surface area contributed by atoms with Crippen LogP contribution < -0.4 is 16.0 Å². The van der Waals surface area contributed by atoms with E-state index < -0.39 is 0 Å². The first-order valence-corrected chi connectivity index (χ1v) is 9.20. The summed E-state index contributed by atoms with van der Waals surface area (Å²) in [5.41, 5.74) is 2.63. The van der Waals surface area contributed by atoms with Crippen LogP contribution in [-0.4, -0.2) is 38.0 Å². The molecule has 27 heavy (non-hydrogen) atoms. The minimum Gasteiger partial charge on any atom is -0.357 e. The van der Waals surface area contributed by atoms with Gasteiger partial charge in [0.15, 0.2) is 5.96 Å². The van der Waals surface area contributed by atoms with Crippen LogP contribution >= 0.6 is 0 Å². The number of halogens is 1. The van der Waals surface area contributed by atoms with Crippen LogP contribution in [0.1, 0.15) is 28.4 Å². The van der Waals surface area contributed by atoms with Gasteiger partial charge < -0.3 is 16.0 Å². The number of rotatable bonds is 8. The highest BCUT2D eigenvalue weighted by Crippen LogP contribution is 2.04. The summed E-state index contributed by atoms with van der Waals surface area (Å²) in [4.78, 5) is 16.6. The molecule has 1 amide bonds. The fourth-order valence-corrected chi connectivity index (χ4v) is 2.58. The topological polar surface area (TPSA) is 65.5 Å². The lowest BCUT2D eigenvalue weighted by Crippen LogP contribution is -2.41. The molecule has 0 saturated heterocycles. The van der Waals surface area contributed by atoms with Gasteiger partial charge in [-0.1, -0.05) is 29.8 Å². The SMILES string of the molecule is CCNC(=NCCc1cccc(F)c1)NCCNC(=O)c1cccc(C)c1. The van der Waals surface area contributed by atoms with Gasteiger partial charge in [0.1, 0.15) is 5.82 Å². The maximum atomic E-state index is 13.2. The Kier molecular flexibility index (Phi) is 8.29. The van der Waals surface area contributed by atoms with Crippen molar-refractivity contribution in [2.45, 2.75) is 20.3 Å². The van der Waals surface area contributed by atoms with E-state index >= 15 is 0 Å². The number of amides is 1. The molecule has 0 spiro atoms. The van der Waals surface area contributed by atoms with Crippen LogP contribution in [0.2, 0.25) is 0 Å². The summed E-state index contributed by atoms with van der Waals surface area (Å²) >= 11 is 0. The Bertz CT molecular complexity index is 776. The van der Waals surface area contributed by atoms with Gasteiger partial charge in [-0.3, -0.25) is 9.79 Å². The second-order valence-electron chi connectivity index (χ2n) is 6.19. The molecule has 6 heteroatoms. The van der Waals surface area contributed by atoms with Crippen molar-refractivity contribution in [2.75, 3.05) is 26.2 Å². The van der Waals surface area contributed by atoms with Gasteiger partial charge in [-0.15, -0.1) is 0 Å². The first-order chi connectivity index (χ1) is 13.1. The molecule has 0 aromatic heterocycles. The second-order valence-corrected chi connectivity index (χ2v) is 6.19. The van der Waals surface area contributed by atoms with Gasteiger partial charge in [0.25, 0.3) is 5.91 Å². The largest absolute Gasteiger partial charge is 0.357 e. The van der Waals surface area contributed by atoms with Crippen LogP contribution in [0, 0.1) is 12.7 Å². The number of carbonyl (C=O) groups is 1. The van der Waals surface area contributed by atoms with Gasteiger partial charge in [-0.2, -0.15) is 0 Å². The minimum atomic E-state index is -0.231. The third kappa shape index (κ3) is 7.48. The number of benzene rings is 2. The number of nitrogens with zero attached hydrogens (tertiary/aromatic N) is 1. The zero-order chi connectivity index (χ0) is 19.5. The summed E-state index contributed by atoms with van der Waals surface area (Å²) in [6, 6.07) is 14.0. The minimum absolute atomic E-state index is 0.0893. The quantitative estimate of drug-likeness (QED) is 0.380. The summed E-state index contributed by atoms with van der Waals surface area (Å²) in [7, 11) is 0. The average molecular weight is 370 g/mol. The van der Waals surface area contributed by atoms with E-state index in [4.69, 9.17) is 0 Å². The van der Waals surface area contributed by atoms with E-state index in [1.807, 2.05) is 38.1 Å². The van der Waals surface area contributed by atoms with Gasteiger partial charge >= 0.3 is 0 Å². The smallest absolute Gasteiger partial charge is 0.251 e. The number of carbonyl (C=O) groups excluding carboxylic acids is 1. The second kappa shape index (κ2) is 11.0. The molecule has 0 heterocycles. The Hall–Kier alpha value is -2.89. The Labute approximate surface area is 160 Å². The Morgan fingerprint density at radius 2 is 1.81 bits per heavy atom. The van der Waals surface area contributed by atoms with Crippen molar-refractivity contribution in [3.8, 4) is 0 Å². The predicted molar refractivity (Wildman–Crippen MR) is 108 cm³/mol. The molecule has 0 saturated carbocycles. The van der Waals surface area contributed by atoms with Crippen LogP contribution in [-0.2, 0) is 6.42 Å². The molecule has 0 aliphatic rings. The van der Waals surface area contributed by atoms with E-state index in [1.54, 1.807) is 12.1 Å². The third-order valence-corrected chi connectivity index (χ3v) is 3.89. The first-order valence-electron chi connectivity index (χ1n) is 9.20. The van der Waals surface area contributed by atoms with E-state index in [0.29, 0.717) is 37.6 Å². The maximum Gasteiger partial charge on any atom is 0.251 e. The number of guanidine groups is 1. The molecule has 144 valence electrons. The molecular weight excluding hydrogens is 343 g/mol. The normalized spacial score (nSPS) is 11.1. The highest BCUT2D eigenvalue weighted by molar-refractivity contribution is 5.94. The van der Waals surface area contributed by atoms with Gasteiger partial charge in [0, 0.05) is 31.7 Å². The number of nitrogens with one attached hydrogen (secondary N) is 3. The van der Waals surface area contributed by atoms with Crippen molar-refractivity contribution in [3.05, 3.63) is 71.0 Å². The zero-order valence-electron chi connectivity index (χ0n) is 15.9. The van der Waals surface area contributed by atoms with Gasteiger partial charge in [0.05, 0.1) is 0 Å². The van der Waals surface area contributed by atoms with Gasteiger partial charge in [-0.25, -0.2) is 4.39 Å². The molecule has 2 aromatic carbocycles. The number of hydrogen-bond acceptors (Lipinski definition) is 2. The van der Waals surface area contributed by atoms with Crippen LogP contribution in [0.15, 0.2) is 53.5 Å². The Balaban J connectivity index is 1.75. The van der Waals surface area contributed by atoms with Crippen molar-refractivity contribution in [1.82, 2.24) is 16.0 Å². The summed E-state index contributed by atoms with van der Waals surface area (Å²) in [5.74, 6) is 0.359. The first kappa shape index (κ1) is 20.4. The van der Waals surface area contributed by atoms with Crippen molar-refractivity contribution in [3.63, 3.8) is 0 Å². The average Bonchev–Trinajstić information content (AvgIpc) is 2.65. The van der Waals surface area contributed by atoms with Crippen LogP contribution in [0.4, 0.5) is 4.39 Å². The van der Waals surface area contributed by atoms with Crippen molar-refractivity contribution in [2.24, 2.45) is 4.99 Å². The summed E-state index contributed by atoms with van der Waals surface area (Å²) in [6.45, 7) is 6.28. The lowest BCUT2D eigenvalue weighted by atomic mass is 10.1. The van der Waals surface area contributed by atoms with E-state index in [-0.39, 0.29) is 11.7 Å². The molecule has 2 aromatic rings.